The van der Waals surface area contributed by atoms with Crippen LogP contribution in [0.4, 0.5) is 11.4 Å². The molecule has 0 bridgehead atoms. The molecule has 0 saturated carbocycles. The van der Waals surface area contributed by atoms with Crippen molar-refractivity contribution in [2.45, 2.75) is 13.3 Å². The number of hydrogen-bond acceptors (Lipinski definition) is 3. The monoisotopic (exact) mass is 267 g/mol. The first-order valence-corrected chi connectivity index (χ1v) is 6.78. The van der Waals surface area contributed by atoms with Gasteiger partial charge in [-0.3, -0.25) is 9.78 Å². The molecule has 20 heavy (non-hydrogen) atoms. The van der Waals surface area contributed by atoms with Gasteiger partial charge < -0.3 is 10.6 Å². The van der Waals surface area contributed by atoms with Crippen LogP contribution in [0.5, 0.6) is 0 Å². The average molecular weight is 267 g/mol. The maximum absolute atomic E-state index is 12.4. The summed E-state index contributed by atoms with van der Waals surface area (Å²) in [6.45, 7) is 2.56. The second-order valence-electron chi connectivity index (χ2n) is 5.06. The van der Waals surface area contributed by atoms with Crippen molar-refractivity contribution in [2.24, 2.45) is 5.92 Å². The lowest BCUT2D eigenvalue weighted by molar-refractivity contribution is -0.119. The van der Waals surface area contributed by atoms with Crippen molar-refractivity contribution in [3.63, 3.8) is 0 Å². The molecule has 0 saturated heterocycles. The van der Waals surface area contributed by atoms with Gasteiger partial charge in [0.05, 0.1) is 17.3 Å². The second kappa shape index (κ2) is 5.33. The van der Waals surface area contributed by atoms with E-state index in [2.05, 4.69) is 27.8 Å². The first kappa shape index (κ1) is 12.7. The van der Waals surface area contributed by atoms with Crippen molar-refractivity contribution in [2.75, 3.05) is 17.2 Å². The largest absolute Gasteiger partial charge is 0.384 e. The predicted octanol–water partition coefficient (Wildman–Crippen LogP) is 2.61. The number of para-hydroxylation sites is 1. The van der Waals surface area contributed by atoms with Crippen LogP contribution >= 0.6 is 0 Å². The number of hydrogen-bond donors (Lipinski definition) is 2. The lowest BCUT2D eigenvalue weighted by Gasteiger charge is -2.25. The molecule has 102 valence electrons. The van der Waals surface area contributed by atoms with Crippen molar-refractivity contribution in [1.29, 1.82) is 0 Å². The Morgan fingerprint density at radius 3 is 3.00 bits per heavy atom. The van der Waals surface area contributed by atoms with Crippen molar-refractivity contribution < 1.29 is 4.79 Å². The van der Waals surface area contributed by atoms with Crippen LogP contribution in [0.1, 0.15) is 11.3 Å². The van der Waals surface area contributed by atoms with Gasteiger partial charge in [-0.05, 0) is 37.1 Å². The van der Waals surface area contributed by atoms with Crippen molar-refractivity contribution in [1.82, 2.24) is 4.98 Å². The van der Waals surface area contributed by atoms with Gasteiger partial charge in [0.15, 0.2) is 0 Å². The Bertz CT molecular complexity index is 639. The molecule has 4 heteroatoms. The SMILES string of the molecule is Cc1ncccc1NC(=O)C1CNc2ccccc2C1. The number of amides is 1. The number of pyridine rings is 1. The van der Waals surface area contributed by atoms with Gasteiger partial charge in [-0.2, -0.15) is 0 Å². The molecule has 2 N–H and O–H groups in total. The standard InChI is InChI=1S/C16H17N3O/c1-11-14(7-4-8-17-11)19-16(20)13-9-12-5-2-3-6-15(12)18-10-13/h2-8,13,18H,9-10H2,1H3,(H,19,20). The number of aryl methyl sites for hydroxylation is 1. The molecule has 3 rings (SSSR count). The summed E-state index contributed by atoms with van der Waals surface area (Å²) in [4.78, 5) is 16.5. The highest BCUT2D eigenvalue weighted by Gasteiger charge is 2.24. The first-order chi connectivity index (χ1) is 9.74. The number of fused-ring (bicyclic) bond motifs is 1. The Hall–Kier alpha value is -2.36. The average Bonchev–Trinajstić information content (AvgIpc) is 2.49. The fourth-order valence-corrected chi connectivity index (χ4v) is 2.48. The van der Waals surface area contributed by atoms with Crippen LogP contribution in [-0.2, 0) is 11.2 Å². The van der Waals surface area contributed by atoms with E-state index in [4.69, 9.17) is 0 Å². The number of benzene rings is 1. The summed E-state index contributed by atoms with van der Waals surface area (Å²) >= 11 is 0. The zero-order valence-corrected chi connectivity index (χ0v) is 11.4. The van der Waals surface area contributed by atoms with E-state index < -0.39 is 0 Å². The molecule has 2 heterocycles. The normalized spacial score (nSPS) is 16.9. The van der Waals surface area contributed by atoms with E-state index in [0.29, 0.717) is 6.54 Å². The van der Waals surface area contributed by atoms with Crippen LogP contribution in [0.25, 0.3) is 0 Å². The molecule has 1 aromatic carbocycles. The van der Waals surface area contributed by atoms with Gasteiger partial charge in [-0.1, -0.05) is 18.2 Å². The van der Waals surface area contributed by atoms with Gasteiger partial charge in [0, 0.05) is 18.4 Å². The molecule has 2 aromatic rings. The third-order valence-electron chi connectivity index (χ3n) is 3.66. The first-order valence-electron chi connectivity index (χ1n) is 6.78. The van der Waals surface area contributed by atoms with Gasteiger partial charge in [0.25, 0.3) is 0 Å². The molecule has 1 amide bonds. The number of carbonyl (C=O) groups excluding carboxylic acids is 1. The quantitative estimate of drug-likeness (QED) is 0.879. The number of rotatable bonds is 2. The zero-order chi connectivity index (χ0) is 13.9. The van der Waals surface area contributed by atoms with Crippen LogP contribution in [0, 0.1) is 12.8 Å². The summed E-state index contributed by atoms with van der Waals surface area (Å²) in [6.07, 6.45) is 2.50. The molecule has 1 unspecified atom stereocenters. The second-order valence-corrected chi connectivity index (χ2v) is 5.06. The fraction of sp³-hybridized carbons (Fsp3) is 0.250. The summed E-state index contributed by atoms with van der Waals surface area (Å²) < 4.78 is 0. The molecule has 1 atom stereocenters. The summed E-state index contributed by atoms with van der Waals surface area (Å²) in [5.74, 6) is -0.00684. The fourth-order valence-electron chi connectivity index (χ4n) is 2.48. The Kier molecular flexibility index (Phi) is 3.37. The van der Waals surface area contributed by atoms with E-state index in [1.54, 1.807) is 6.20 Å². The summed E-state index contributed by atoms with van der Waals surface area (Å²) in [5.41, 5.74) is 3.96. The Balaban J connectivity index is 1.72. The topological polar surface area (TPSA) is 54.0 Å². The van der Waals surface area contributed by atoms with Crippen LogP contribution in [0.15, 0.2) is 42.6 Å². The number of anilines is 2. The van der Waals surface area contributed by atoms with Crippen LogP contribution in [-0.4, -0.2) is 17.4 Å². The summed E-state index contributed by atoms with van der Waals surface area (Å²) in [7, 11) is 0. The maximum Gasteiger partial charge on any atom is 0.229 e. The van der Waals surface area contributed by atoms with Crippen molar-refractivity contribution >= 4 is 17.3 Å². The molecule has 0 fully saturated rings. The van der Waals surface area contributed by atoms with Gasteiger partial charge in [0.1, 0.15) is 0 Å². The molecule has 1 aromatic heterocycles. The zero-order valence-electron chi connectivity index (χ0n) is 11.4. The Morgan fingerprint density at radius 2 is 2.15 bits per heavy atom. The highest BCUT2D eigenvalue weighted by molar-refractivity contribution is 5.94. The predicted molar refractivity (Wildman–Crippen MR) is 79.7 cm³/mol. The van der Waals surface area contributed by atoms with Crippen molar-refractivity contribution in [3.05, 3.63) is 53.9 Å². The molecular formula is C16H17N3O. The molecule has 4 nitrogen and oxygen atoms in total. The highest BCUT2D eigenvalue weighted by atomic mass is 16.1. The van der Waals surface area contributed by atoms with Gasteiger partial charge in [-0.25, -0.2) is 0 Å². The van der Waals surface area contributed by atoms with Gasteiger partial charge in [0.2, 0.25) is 5.91 Å². The minimum Gasteiger partial charge on any atom is -0.384 e. The van der Waals surface area contributed by atoms with Crippen LogP contribution < -0.4 is 10.6 Å². The Labute approximate surface area is 118 Å². The van der Waals surface area contributed by atoms with Crippen molar-refractivity contribution in [3.8, 4) is 0 Å². The molecule has 1 aliphatic heterocycles. The minimum atomic E-state index is -0.0514. The van der Waals surface area contributed by atoms with Crippen LogP contribution in [0.2, 0.25) is 0 Å². The minimum absolute atomic E-state index is 0.0445. The number of nitrogens with zero attached hydrogens (tertiary/aromatic N) is 1. The lowest BCUT2D eigenvalue weighted by Crippen LogP contribution is -2.33. The van der Waals surface area contributed by atoms with Crippen LogP contribution in [0.3, 0.4) is 0 Å². The third kappa shape index (κ3) is 2.50. The third-order valence-corrected chi connectivity index (χ3v) is 3.66. The lowest BCUT2D eigenvalue weighted by atomic mass is 9.93. The molecular weight excluding hydrogens is 250 g/mol. The van der Waals surface area contributed by atoms with E-state index in [0.717, 1.165) is 23.5 Å². The van der Waals surface area contributed by atoms with Gasteiger partial charge >= 0.3 is 0 Å². The highest BCUT2D eigenvalue weighted by Crippen LogP contribution is 2.25. The van der Waals surface area contributed by atoms with Gasteiger partial charge in [-0.15, -0.1) is 0 Å². The molecule has 0 radical (unpaired) electrons. The maximum atomic E-state index is 12.4. The van der Waals surface area contributed by atoms with E-state index in [1.165, 1.54) is 5.56 Å². The molecule has 0 spiro atoms. The Morgan fingerprint density at radius 1 is 1.30 bits per heavy atom. The number of aromatic nitrogens is 1. The molecule has 1 aliphatic rings. The number of carbonyl (C=O) groups is 1. The molecule has 0 aliphatic carbocycles. The number of nitrogens with one attached hydrogen (secondary N) is 2. The van der Waals surface area contributed by atoms with E-state index in [1.807, 2.05) is 31.2 Å². The summed E-state index contributed by atoms with van der Waals surface area (Å²) in [6, 6.07) is 11.8. The van der Waals surface area contributed by atoms with E-state index in [9.17, 15) is 4.79 Å². The summed E-state index contributed by atoms with van der Waals surface area (Å²) in [5, 5.41) is 6.29. The van der Waals surface area contributed by atoms with E-state index in [-0.39, 0.29) is 11.8 Å². The smallest absolute Gasteiger partial charge is 0.229 e. The van der Waals surface area contributed by atoms with E-state index >= 15 is 0 Å².